The average Bonchev–Trinajstić information content (AvgIpc) is 2.81. The summed E-state index contributed by atoms with van der Waals surface area (Å²) in [6.07, 6.45) is 8.62. The molecule has 0 spiro atoms. The average molecular weight is 357 g/mol. The van der Waals surface area contributed by atoms with Gasteiger partial charge >= 0.3 is 0 Å². The fraction of sp³-hybridized carbons (Fsp3) is 0.600. The van der Waals surface area contributed by atoms with E-state index in [1.807, 2.05) is 0 Å². The summed E-state index contributed by atoms with van der Waals surface area (Å²) in [5.74, 6) is 2.01. The van der Waals surface area contributed by atoms with E-state index < -0.39 is 0 Å². The fourth-order valence-electron chi connectivity index (χ4n) is 4.19. The first-order valence-electron chi connectivity index (χ1n) is 9.72. The third kappa shape index (κ3) is 4.04. The summed E-state index contributed by atoms with van der Waals surface area (Å²) in [7, 11) is 0. The van der Waals surface area contributed by atoms with Crippen molar-refractivity contribution in [3.8, 4) is 0 Å². The van der Waals surface area contributed by atoms with E-state index in [0.717, 1.165) is 43.4 Å². The van der Waals surface area contributed by atoms with E-state index in [1.54, 1.807) is 0 Å². The Morgan fingerprint density at radius 3 is 2.60 bits per heavy atom. The number of aryl methyl sites for hydroxylation is 1. The Bertz CT molecular complexity index is 741. The van der Waals surface area contributed by atoms with Gasteiger partial charge in [0.1, 0.15) is 5.82 Å². The van der Waals surface area contributed by atoms with E-state index in [1.165, 1.54) is 49.9 Å². The number of rotatable bonds is 4. The number of aromatic nitrogens is 3. The summed E-state index contributed by atoms with van der Waals surface area (Å²) < 4.78 is 5.25. The second kappa shape index (κ2) is 7.83. The Labute approximate surface area is 155 Å². The molecule has 4 nitrogen and oxygen atoms in total. The molecule has 0 radical (unpaired) electrons. The van der Waals surface area contributed by atoms with Crippen molar-refractivity contribution in [2.75, 3.05) is 13.1 Å². The molecule has 4 rings (SSSR count). The van der Waals surface area contributed by atoms with Crippen LogP contribution in [0.3, 0.4) is 0 Å². The lowest BCUT2D eigenvalue weighted by Crippen LogP contribution is -2.36. The quantitative estimate of drug-likeness (QED) is 0.773. The minimum atomic E-state index is 0.810. The van der Waals surface area contributed by atoms with Crippen molar-refractivity contribution in [1.29, 1.82) is 0 Å². The van der Waals surface area contributed by atoms with Crippen molar-refractivity contribution >= 4 is 12.2 Å². The molecule has 1 fully saturated rings. The maximum atomic E-state index is 5.69. The van der Waals surface area contributed by atoms with E-state index in [-0.39, 0.29) is 0 Å². The molecule has 25 heavy (non-hydrogen) atoms. The van der Waals surface area contributed by atoms with Crippen molar-refractivity contribution < 1.29 is 0 Å². The first-order chi connectivity index (χ1) is 12.3. The molecule has 0 saturated carbocycles. The highest BCUT2D eigenvalue weighted by Crippen LogP contribution is 2.22. The molecular formula is C20H28N4S. The number of hydrogen-bond donors (Lipinski definition) is 0. The van der Waals surface area contributed by atoms with Gasteiger partial charge in [-0.1, -0.05) is 36.8 Å². The Morgan fingerprint density at radius 2 is 1.80 bits per heavy atom. The molecule has 0 aliphatic carbocycles. The second-order valence-corrected chi connectivity index (χ2v) is 7.92. The third-order valence-electron chi connectivity index (χ3n) is 5.69. The molecular weight excluding hydrogens is 328 g/mol. The number of likely N-dealkylation sites (tertiary alicyclic amines) is 1. The lowest BCUT2D eigenvalue weighted by molar-refractivity contribution is 0.139. The number of fused-ring (bicyclic) bond motifs is 1. The number of hydrogen-bond acceptors (Lipinski definition) is 3. The molecule has 5 heteroatoms. The summed E-state index contributed by atoms with van der Waals surface area (Å²) in [6, 6.07) is 10.9. The maximum absolute atomic E-state index is 5.69. The highest BCUT2D eigenvalue weighted by molar-refractivity contribution is 7.71. The van der Waals surface area contributed by atoms with Gasteiger partial charge in [0.05, 0.1) is 6.67 Å². The van der Waals surface area contributed by atoms with Gasteiger partial charge in [-0.05, 0) is 55.8 Å². The number of nitrogens with zero attached hydrogens (tertiary/aromatic N) is 4. The molecule has 0 amide bonds. The van der Waals surface area contributed by atoms with Crippen molar-refractivity contribution in [2.24, 2.45) is 5.92 Å². The van der Waals surface area contributed by atoms with Crippen molar-refractivity contribution in [3.63, 3.8) is 0 Å². The molecule has 2 aromatic rings. The summed E-state index contributed by atoms with van der Waals surface area (Å²) in [5, 5.41) is 4.82. The van der Waals surface area contributed by atoms with Gasteiger partial charge < -0.3 is 4.57 Å². The van der Waals surface area contributed by atoms with Crippen LogP contribution in [0.25, 0.3) is 0 Å². The molecule has 2 aliphatic rings. The van der Waals surface area contributed by atoms with Gasteiger partial charge in [-0.25, -0.2) is 4.68 Å². The Hall–Kier alpha value is -1.46. The molecule has 1 aromatic heterocycles. The van der Waals surface area contributed by atoms with Crippen molar-refractivity contribution in [3.05, 3.63) is 46.5 Å². The third-order valence-corrected chi connectivity index (χ3v) is 6.12. The van der Waals surface area contributed by atoms with Crippen LogP contribution in [-0.4, -0.2) is 32.3 Å². The normalized spacial score (nSPS) is 19.5. The molecule has 0 atom stereocenters. The molecule has 0 unspecified atom stereocenters. The number of benzene rings is 1. The van der Waals surface area contributed by atoms with Gasteiger partial charge in [-0.3, -0.25) is 4.90 Å². The minimum Gasteiger partial charge on any atom is -0.304 e. The Morgan fingerprint density at radius 1 is 1.00 bits per heavy atom. The van der Waals surface area contributed by atoms with E-state index in [4.69, 9.17) is 17.3 Å². The van der Waals surface area contributed by atoms with Crippen LogP contribution in [0.1, 0.15) is 43.5 Å². The highest BCUT2D eigenvalue weighted by Gasteiger charge is 2.21. The zero-order chi connectivity index (χ0) is 17.1. The lowest BCUT2D eigenvalue weighted by Gasteiger charge is -2.31. The van der Waals surface area contributed by atoms with Crippen LogP contribution in [0, 0.1) is 10.7 Å². The van der Waals surface area contributed by atoms with Gasteiger partial charge in [0.2, 0.25) is 0 Å². The minimum absolute atomic E-state index is 0.810. The Kier molecular flexibility index (Phi) is 5.32. The zero-order valence-electron chi connectivity index (χ0n) is 14.9. The summed E-state index contributed by atoms with van der Waals surface area (Å²) in [5.41, 5.74) is 1.47. The number of piperidine rings is 1. The van der Waals surface area contributed by atoms with Crippen LogP contribution >= 0.6 is 12.2 Å². The van der Waals surface area contributed by atoms with Crippen LogP contribution < -0.4 is 0 Å². The Balaban J connectivity index is 1.34. The molecule has 3 heterocycles. The first kappa shape index (κ1) is 17.0. The zero-order valence-corrected chi connectivity index (χ0v) is 15.8. The SMILES string of the molecule is S=c1n(CN2CCC(Cc3ccccc3)CC2)nc2n1CCCCC2. The van der Waals surface area contributed by atoms with Crippen LogP contribution in [0.2, 0.25) is 0 Å². The molecule has 1 aromatic carbocycles. The first-order valence-corrected chi connectivity index (χ1v) is 10.1. The van der Waals surface area contributed by atoms with Gasteiger partial charge in [0.25, 0.3) is 0 Å². The fourth-order valence-corrected chi connectivity index (χ4v) is 4.48. The van der Waals surface area contributed by atoms with Crippen LogP contribution in [0.15, 0.2) is 30.3 Å². The largest absolute Gasteiger partial charge is 0.304 e. The molecule has 134 valence electrons. The predicted octanol–water partition coefficient (Wildman–Crippen LogP) is 4.05. The maximum Gasteiger partial charge on any atom is 0.199 e. The van der Waals surface area contributed by atoms with Crippen molar-refractivity contribution in [2.45, 2.75) is 58.2 Å². The molecule has 1 saturated heterocycles. The monoisotopic (exact) mass is 356 g/mol. The van der Waals surface area contributed by atoms with Gasteiger partial charge in [-0.15, -0.1) is 0 Å². The summed E-state index contributed by atoms with van der Waals surface area (Å²) >= 11 is 5.69. The van der Waals surface area contributed by atoms with Crippen LogP contribution in [0.5, 0.6) is 0 Å². The lowest BCUT2D eigenvalue weighted by atomic mass is 9.90. The van der Waals surface area contributed by atoms with Crippen molar-refractivity contribution in [1.82, 2.24) is 19.2 Å². The molecule has 0 N–H and O–H groups in total. The standard InChI is InChI=1S/C20H28N4S/c25-20-23-12-6-2-5-9-19(23)21-24(20)16-22-13-10-18(11-14-22)15-17-7-3-1-4-8-17/h1,3-4,7-8,18H,2,5-6,9-16H2. The van der Waals surface area contributed by atoms with Gasteiger partial charge in [0.15, 0.2) is 4.77 Å². The summed E-state index contributed by atoms with van der Waals surface area (Å²) in [4.78, 5) is 2.52. The second-order valence-electron chi connectivity index (χ2n) is 7.55. The van der Waals surface area contributed by atoms with Gasteiger partial charge in [-0.2, -0.15) is 5.10 Å². The van der Waals surface area contributed by atoms with E-state index >= 15 is 0 Å². The van der Waals surface area contributed by atoms with E-state index in [0.29, 0.717) is 0 Å². The van der Waals surface area contributed by atoms with E-state index in [9.17, 15) is 0 Å². The van der Waals surface area contributed by atoms with Gasteiger partial charge in [0, 0.05) is 26.1 Å². The van der Waals surface area contributed by atoms with E-state index in [2.05, 4.69) is 44.5 Å². The smallest absolute Gasteiger partial charge is 0.199 e. The summed E-state index contributed by atoms with van der Waals surface area (Å²) in [6.45, 7) is 4.22. The predicted molar refractivity (Wildman–Crippen MR) is 103 cm³/mol. The highest BCUT2D eigenvalue weighted by atomic mass is 32.1. The van der Waals surface area contributed by atoms with Crippen LogP contribution in [-0.2, 0) is 26.1 Å². The van der Waals surface area contributed by atoms with Crippen LogP contribution in [0.4, 0.5) is 0 Å². The molecule has 0 bridgehead atoms. The molecule has 2 aliphatic heterocycles. The topological polar surface area (TPSA) is 26.0 Å².